The quantitative estimate of drug-likeness (QED) is 0.670. The van der Waals surface area contributed by atoms with Crippen molar-refractivity contribution in [1.29, 1.82) is 0 Å². The third kappa shape index (κ3) is 3.25. The summed E-state index contributed by atoms with van der Waals surface area (Å²) in [6, 6.07) is 7.12. The Labute approximate surface area is 106 Å². The molecule has 0 saturated heterocycles. The maximum atomic E-state index is 11.6. The zero-order valence-corrected chi connectivity index (χ0v) is 10.3. The van der Waals surface area contributed by atoms with Crippen molar-refractivity contribution in [3.05, 3.63) is 52.5 Å². The third-order valence-corrected chi connectivity index (χ3v) is 2.40. The van der Waals surface area contributed by atoms with Gasteiger partial charge in [-0.05, 0) is 34.1 Å². The molecule has 2 aromatic heterocycles. The van der Waals surface area contributed by atoms with Gasteiger partial charge in [-0.25, -0.2) is 5.43 Å². The SMILES string of the molecule is O=C(N/N=C\c1ccccn1)c1cc(Br)c[nH]1. The number of aromatic amines is 1. The van der Waals surface area contributed by atoms with Crippen LogP contribution in [0.4, 0.5) is 0 Å². The van der Waals surface area contributed by atoms with E-state index in [0.29, 0.717) is 11.4 Å². The summed E-state index contributed by atoms with van der Waals surface area (Å²) in [5.74, 6) is -0.303. The lowest BCUT2D eigenvalue weighted by Crippen LogP contribution is -2.17. The van der Waals surface area contributed by atoms with Crippen LogP contribution in [-0.2, 0) is 0 Å². The van der Waals surface area contributed by atoms with Crippen molar-refractivity contribution in [3.8, 4) is 0 Å². The minimum atomic E-state index is -0.303. The first kappa shape index (κ1) is 11.5. The zero-order valence-electron chi connectivity index (χ0n) is 8.72. The van der Waals surface area contributed by atoms with E-state index in [4.69, 9.17) is 0 Å². The van der Waals surface area contributed by atoms with E-state index >= 15 is 0 Å². The fourth-order valence-corrected chi connectivity index (χ4v) is 1.51. The van der Waals surface area contributed by atoms with E-state index in [1.807, 2.05) is 12.1 Å². The van der Waals surface area contributed by atoms with Gasteiger partial charge in [-0.15, -0.1) is 0 Å². The van der Waals surface area contributed by atoms with Crippen LogP contribution in [-0.4, -0.2) is 22.1 Å². The third-order valence-electron chi connectivity index (χ3n) is 1.94. The smallest absolute Gasteiger partial charge is 0.287 e. The van der Waals surface area contributed by atoms with Crippen molar-refractivity contribution < 1.29 is 4.79 Å². The maximum absolute atomic E-state index is 11.6. The number of hydrogen-bond donors (Lipinski definition) is 2. The molecule has 0 fully saturated rings. The molecule has 0 atom stereocenters. The largest absolute Gasteiger partial charge is 0.356 e. The van der Waals surface area contributed by atoms with Gasteiger partial charge in [0, 0.05) is 16.9 Å². The van der Waals surface area contributed by atoms with Crippen molar-refractivity contribution in [2.45, 2.75) is 0 Å². The standard InChI is InChI=1S/C11H9BrN4O/c12-8-5-10(14-6-8)11(17)16-15-7-9-3-1-2-4-13-9/h1-7,14H,(H,16,17)/b15-7-. The highest BCUT2D eigenvalue weighted by Gasteiger charge is 2.05. The summed E-state index contributed by atoms with van der Waals surface area (Å²) in [6.07, 6.45) is 4.82. The van der Waals surface area contributed by atoms with Crippen LogP contribution < -0.4 is 5.43 Å². The molecule has 0 aliphatic heterocycles. The number of nitrogens with one attached hydrogen (secondary N) is 2. The van der Waals surface area contributed by atoms with Crippen LogP contribution in [0.15, 0.2) is 46.2 Å². The Balaban J connectivity index is 1.95. The molecular formula is C11H9BrN4O. The van der Waals surface area contributed by atoms with E-state index < -0.39 is 0 Å². The average Bonchev–Trinajstić information content (AvgIpc) is 2.77. The first-order valence-electron chi connectivity index (χ1n) is 4.84. The van der Waals surface area contributed by atoms with Gasteiger partial charge in [0.1, 0.15) is 5.69 Å². The van der Waals surface area contributed by atoms with Gasteiger partial charge in [0.05, 0.1) is 11.9 Å². The number of amides is 1. The van der Waals surface area contributed by atoms with E-state index in [2.05, 4.69) is 36.4 Å². The van der Waals surface area contributed by atoms with Crippen LogP contribution in [0.2, 0.25) is 0 Å². The number of H-pyrrole nitrogens is 1. The molecule has 0 radical (unpaired) electrons. The average molecular weight is 293 g/mol. The van der Waals surface area contributed by atoms with Gasteiger partial charge in [-0.3, -0.25) is 9.78 Å². The summed E-state index contributed by atoms with van der Waals surface area (Å²) in [5.41, 5.74) is 3.52. The fraction of sp³-hybridized carbons (Fsp3) is 0. The molecular weight excluding hydrogens is 284 g/mol. The number of hydrogen-bond acceptors (Lipinski definition) is 3. The first-order chi connectivity index (χ1) is 8.25. The van der Waals surface area contributed by atoms with Gasteiger partial charge >= 0.3 is 0 Å². The van der Waals surface area contributed by atoms with E-state index in [0.717, 1.165) is 4.47 Å². The van der Waals surface area contributed by atoms with Crippen LogP contribution in [0.3, 0.4) is 0 Å². The van der Waals surface area contributed by atoms with Gasteiger partial charge in [-0.2, -0.15) is 5.10 Å². The van der Waals surface area contributed by atoms with Crippen molar-refractivity contribution in [2.75, 3.05) is 0 Å². The van der Waals surface area contributed by atoms with Gasteiger partial charge < -0.3 is 4.98 Å². The summed E-state index contributed by atoms with van der Waals surface area (Å²) in [6.45, 7) is 0. The molecule has 0 unspecified atom stereocenters. The summed E-state index contributed by atoms with van der Waals surface area (Å²) < 4.78 is 0.816. The second kappa shape index (κ2) is 5.40. The van der Waals surface area contributed by atoms with E-state index in [9.17, 15) is 4.79 Å². The first-order valence-corrected chi connectivity index (χ1v) is 5.63. The molecule has 0 aromatic carbocycles. The number of rotatable bonds is 3. The number of carbonyl (C=O) groups excluding carboxylic acids is 1. The van der Waals surface area contributed by atoms with Crippen LogP contribution in [0.1, 0.15) is 16.2 Å². The Morgan fingerprint density at radius 3 is 3.06 bits per heavy atom. The highest BCUT2D eigenvalue weighted by Crippen LogP contribution is 2.10. The van der Waals surface area contributed by atoms with E-state index in [1.165, 1.54) is 6.21 Å². The summed E-state index contributed by atoms with van der Waals surface area (Å²) in [4.78, 5) is 18.4. The molecule has 2 aromatic rings. The molecule has 86 valence electrons. The minimum Gasteiger partial charge on any atom is -0.356 e. The molecule has 1 amide bonds. The summed E-state index contributed by atoms with van der Waals surface area (Å²) >= 11 is 3.25. The van der Waals surface area contributed by atoms with Crippen LogP contribution in [0.25, 0.3) is 0 Å². The monoisotopic (exact) mass is 292 g/mol. The predicted octanol–water partition coefficient (Wildman–Crippen LogP) is 1.94. The van der Waals surface area contributed by atoms with Crippen molar-refractivity contribution in [2.24, 2.45) is 5.10 Å². The molecule has 0 aliphatic carbocycles. The number of carbonyl (C=O) groups is 1. The molecule has 0 spiro atoms. The zero-order chi connectivity index (χ0) is 12.1. The van der Waals surface area contributed by atoms with Gasteiger partial charge in [0.2, 0.25) is 0 Å². The minimum absolute atomic E-state index is 0.303. The fourth-order valence-electron chi connectivity index (χ4n) is 1.17. The molecule has 0 saturated carbocycles. The van der Waals surface area contributed by atoms with Crippen molar-refractivity contribution in [1.82, 2.24) is 15.4 Å². The van der Waals surface area contributed by atoms with E-state index in [1.54, 1.807) is 24.5 Å². The van der Waals surface area contributed by atoms with Gasteiger partial charge in [0.15, 0.2) is 0 Å². The summed E-state index contributed by atoms with van der Waals surface area (Å²) in [5, 5.41) is 3.80. The molecule has 2 heterocycles. The van der Waals surface area contributed by atoms with E-state index in [-0.39, 0.29) is 5.91 Å². The number of nitrogens with zero attached hydrogens (tertiary/aromatic N) is 2. The Bertz CT molecular complexity index is 535. The molecule has 6 heteroatoms. The van der Waals surface area contributed by atoms with Crippen LogP contribution in [0, 0.1) is 0 Å². The topological polar surface area (TPSA) is 70.1 Å². The second-order valence-electron chi connectivity index (χ2n) is 3.19. The number of aromatic nitrogens is 2. The Morgan fingerprint density at radius 1 is 1.53 bits per heavy atom. The molecule has 2 rings (SSSR count). The predicted molar refractivity (Wildman–Crippen MR) is 67.8 cm³/mol. The lowest BCUT2D eigenvalue weighted by atomic mass is 10.4. The summed E-state index contributed by atoms with van der Waals surface area (Å²) in [7, 11) is 0. The Hall–Kier alpha value is -1.95. The maximum Gasteiger partial charge on any atom is 0.287 e. The Morgan fingerprint density at radius 2 is 2.41 bits per heavy atom. The van der Waals surface area contributed by atoms with Crippen LogP contribution in [0.5, 0.6) is 0 Å². The lowest BCUT2D eigenvalue weighted by molar-refractivity contribution is 0.0951. The molecule has 0 aliphatic rings. The second-order valence-corrected chi connectivity index (χ2v) is 4.10. The molecule has 5 nitrogen and oxygen atoms in total. The number of hydrazone groups is 1. The highest BCUT2D eigenvalue weighted by molar-refractivity contribution is 9.10. The molecule has 0 bridgehead atoms. The molecule has 2 N–H and O–H groups in total. The lowest BCUT2D eigenvalue weighted by Gasteiger charge is -1.95. The number of halogens is 1. The molecule has 17 heavy (non-hydrogen) atoms. The van der Waals surface area contributed by atoms with Crippen molar-refractivity contribution in [3.63, 3.8) is 0 Å². The number of pyridine rings is 1. The van der Waals surface area contributed by atoms with Gasteiger partial charge in [0.25, 0.3) is 5.91 Å². The van der Waals surface area contributed by atoms with Gasteiger partial charge in [-0.1, -0.05) is 6.07 Å². The van der Waals surface area contributed by atoms with Crippen LogP contribution >= 0.6 is 15.9 Å². The van der Waals surface area contributed by atoms with Crippen molar-refractivity contribution >= 4 is 28.1 Å². The normalized spacial score (nSPS) is 10.6. The highest BCUT2D eigenvalue weighted by atomic mass is 79.9. The Kier molecular flexibility index (Phi) is 3.66.